The van der Waals surface area contributed by atoms with Crippen LogP contribution in [0.25, 0.3) is 0 Å². The molecule has 1 aliphatic carbocycles. The highest BCUT2D eigenvalue weighted by atomic mass is 32.2. The Bertz CT molecular complexity index is 518. The Labute approximate surface area is 114 Å². The molecule has 2 rings (SSSR count). The first-order valence-electron chi connectivity index (χ1n) is 6.85. The van der Waals surface area contributed by atoms with Gasteiger partial charge in [0.15, 0.2) is 5.82 Å². The summed E-state index contributed by atoms with van der Waals surface area (Å²) in [6, 6.07) is 0. The summed E-state index contributed by atoms with van der Waals surface area (Å²) >= 11 is 0. The van der Waals surface area contributed by atoms with Crippen LogP contribution in [0.5, 0.6) is 0 Å². The summed E-state index contributed by atoms with van der Waals surface area (Å²) in [5, 5.41) is 4.02. The number of hydrogen-bond donors (Lipinski definition) is 2. The van der Waals surface area contributed by atoms with Crippen LogP contribution in [0.4, 0.5) is 5.82 Å². The minimum atomic E-state index is -3.53. The molecule has 1 heterocycles. The summed E-state index contributed by atoms with van der Waals surface area (Å²) in [5.41, 5.74) is 5.69. The van der Waals surface area contributed by atoms with Crippen LogP contribution >= 0.6 is 0 Å². The second-order valence-corrected chi connectivity index (χ2v) is 6.88. The zero-order chi connectivity index (χ0) is 13.9. The van der Waals surface area contributed by atoms with Gasteiger partial charge in [0.2, 0.25) is 10.0 Å². The average Bonchev–Trinajstić information content (AvgIpc) is 2.97. The first-order chi connectivity index (χ1) is 9.03. The fourth-order valence-electron chi connectivity index (χ4n) is 2.49. The fourth-order valence-corrected chi connectivity index (χ4v) is 3.68. The average molecular weight is 286 g/mol. The van der Waals surface area contributed by atoms with Crippen molar-refractivity contribution in [3.05, 3.63) is 6.20 Å². The molecule has 0 bridgehead atoms. The highest BCUT2D eigenvalue weighted by molar-refractivity contribution is 7.89. The van der Waals surface area contributed by atoms with Gasteiger partial charge in [-0.1, -0.05) is 19.8 Å². The number of nitrogens with two attached hydrogens (primary N) is 1. The minimum Gasteiger partial charge on any atom is -0.381 e. The summed E-state index contributed by atoms with van der Waals surface area (Å²) in [4.78, 5) is 0.0962. The third-order valence-corrected chi connectivity index (χ3v) is 4.97. The summed E-state index contributed by atoms with van der Waals surface area (Å²) in [5.74, 6) is 0.536. The predicted octanol–water partition coefficient (Wildman–Crippen LogP) is 1.34. The SMILES string of the molecule is CCCn1cc(S(=O)(=O)NCC2CCCC2)c(N)n1. The van der Waals surface area contributed by atoms with Crippen molar-refractivity contribution in [1.29, 1.82) is 0 Å². The monoisotopic (exact) mass is 286 g/mol. The number of nitrogens with zero attached hydrogens (tertiary/aromatic N) is 2. The molecule has 0 saturated heterocycles. The van der Waals surface area contributed by atoms with Gasteiger partial charge in [-0.05, 0) is 25.2 Å². The number of rotatable bonds is 6. The Hall–Kier alpha value is -1.08. The van der Waals surface area contributed by atoms with Crippen LogP contribution in [0.1, 0.15) is 39.0 Å². The number of nitrogen functional groups attached to an aromatic ring is 1. The summed E-state index contributed by atoms with van der Waals surface area (Å²) in [7, 11) is -3.53. The summed E-state index contributed by atoms with van der Waals surface area (Å²) < 4.78 is 28.6. The van der Waals surface area contributed by atoms with Gasteiger partial charge in [0.05, 0.1) is 0 Å². The van der Waals surface area contributed by atoms with E-state index in [1.165, 1.54) is 19.0 Å². The van der Waals surface area contributed by atoms with Crippen molar-refractivity contribution in [2.24, 2.45) is 5.92 Å². The number of sulfonamides is 1. The van der Waals surface area contributed by atoms with Gasteiger partial charge in [0, 0.05) is 19.3 Å². The first-order valence-corrected chi connectivity index (χ1v) is 8.34. The maximum absolute atomic E-state index is 12.2. The molecule has 1 saturated carbocycles. The molecule has 0 radical (unpaired) electrons. The fraction of sp³-hybridized carbons (Fsp3) is 0.750. The standard InChI is InChI=1S/C12H22N4O2S/c1-2-7-16-9-11(12(13)15-16)19(17,18)14-8-10-5-3-4-6-10/h9-10,14H,2-8H2,1H3,(H2,13,15). The van der Waals surface area contributed by atoms with Crippen LogP contribution in [0, 0.1) is 5.92 Å². The van der Waals surface area contributed by atoms with E-state index in [0.717, 1.165) is 19.3 Å². The smallest absolute Gasteiger partial charge is 0.245 e. The lowest BCUT2D eigenvalue weighted by Gasteiger charge is -2.10. The molecule has 19 heavy (non-hydrogen) atoms. The van der Waals surface area contributed by atoms with Gasteiger partial charge < -0.3 is 5.73 Å². The molecular formula is C12H22N4O2S. The topological polar surface area (TPSA) is 90.0 Å². The second kappa shape index (κ2) is 5.92. The zero-order valence-electron chi connectivity index (χ0n) is 11.3. The van der Waals surface area contributed by atoms with E-state index in [2.05, 4.69) is 9.82 Å². The summed E-state index contributed by atoms with van der Waals surface area (Å²) in [6.07, 6.45) is 7.00. The van der Waals surface area contributed by atoms with Gasteiger partial charge in [-0.15, -0.1) is 0 Å². The van der Waals surface area contributed by atoms with E-state index in [1.807, 2.05) is 6.92 Å². The van der Waals surface area contributed by atoms with Crippen molar-refractivity contribution < 1.29 is 8.42 Å². The lowest BCUT2D eigenvalue weighted by molar-refractivity contribution is 0.519. The van der Waals surface area contributed by atoms with Crippen molar-refractivity contribution in [1.82, 2.24) is 14.5 Å². The molecule has 1 aromatic heterocycles. The van der Waals surface area contributed by atoms with Crippen molar-refractivity contribution in [3.8, 4) is 0 Å². The Morgan fingerprint density at radius 3 is 2.79 bits per heavy atom. The van der Waals surface area contributed by atoms with Crippen LogP contribution in [0.15, 0.2) is 11.1 Å². The Morgan fingerprint density at radius 1 is 1.47 bits per heavy atom. The molecule has 1 aliphatic rings. The zero-order valence-corrected chi connectivity index (χ0v) is 12.1. The Kier molecular flexibility index (Phi) is 4.46. The number of hydrogen-bond acceptors (Lipinski definition) is 4. The van der Waals surface area contributed by atoms with Gasteiger partial charge in [-0.3, -0.25) is 4.68 Å². The third-order valence-electron chi connectivity index (χ3n) is 3.53. The number of aryl methyl sites for hydroxylation is 1. The molecule has 6 nitrogen and oxygen atoms in total. The predicted molar refractivity (Wildman–Crippen MR) is 74.1 cm³/mol. The Balaban J connectivity index is 2.05. The maximum atomic E-state index is 12.2. The molecule has 7 heteroatoms. The van der Waals surface area contributed by atoms with Crippen molar-refractivity contribution >= 4 is 15.8 Å². The van der Waals surface area contributed by atoms with E-state index in [1.54, 1.807) is 4.68 Å². The third kappa shape index (κ3) is 3.48. The molecular weight excluding hydrogens is 264 g/mol. The van der Waals surface area contributed by atoms with Crippen molar-refractivity contribution in [2.75, 3.05) is 12.3 Å². The first kappa shape index (κ1) is 14.3. The van der Waals surface area contributed by atoms with Crippen LogP contribution in [-0.4, -0.2) is 24.7 Å². The number of anilines is 1. The largest absolute Gasteiger partial charge is 0.381 e. The van der Waals surface area contributed by atoms with Crippen LogP contribution in [0.2, 0.25) is 0 Å². The summed E-state index contributed by atoms with van der Waals surface area (Å²) in [6.45, 7) is 3.17. The van der Waals surface area contributed by atoms with E-state index < -0.39 is 10.0 Å². The highest BCUT2D eigenvalue weighted by Gasteiger charge is 2.23. The second-order valence-electron chi connectivity index (χ2n) is 5.14. The van der Waals surface area contributed by atoms with E-state index in [9.17, 15) is 8.42 Å². The molecule has 0 aliphatic heterocycles. The van der Waals surface area contributed by atoms with Crippen LogP contribution in [-0.2, 0) is 16.6 Å². The lowest BCUT2D eigenvalue weighted by Crippen LogP contribution is -2.28. The maximum Gasteiger partial charge on any atom is 0.245 e. The molecule has 0 aromatic carbocycles. The van der Waals surface area contributed by atoms with E-state index in [0.29, 0.717) is 19.0 Å². The lowest BCUT2D eigenvalue weighted by atomic mass is 10.1. The molecule has 1 aromatic rings. The highest BCUT2D eigenvalue weighted by Crippen LogP contribution is 2.24. The number of nitrogens with one attached hydrogen (secondary N) is 1. The number of aromatic nitrogens is 2. The van der Waals surface area contributed by atoms with E-state index >= 15 is 0 Å². The van der Waals surface area contributed by atoms with Crippen molar-refractivity contribution in [2.45, 2.75) is 50.5 Å². The molecule has 0 unspecified atom stereocenters. The molecule has 108 valence electrons. The molecule has 0 spiro atoms. The van der Waals surface area contributed by atoms with Gasteiger partial charge >= 0.3 is 0 Å². The molecule has 1 fully saturated rings. The van der Waals surface area contributed by atoms with Gasteiger partial charge in [0.1, 0.15) is 4.90 Å². The quantitative estimate of drug-likeness (QED) is 0.826. The molecule has 0 amide bonds. The van der Waals surface area contributed by atoms with Gasteiger partial charge in [-0.25, -0.2) is 13.1 Å². The molecule has 3 N–H and O–H groups in total. The molecule has 0 atom stereocenters. The van der Waals surface area contributed by atoms with Crippen LogP contribution in [0.3, 0.4) is 0 Å². The minimum absolute atomic E-state index is 0.0763. The van der Waals surface area contributed by atoms with Crippen molar-refractivity contribution in [3.63, 3.8) is 0 Å². The van der Waals surface area contributed by atoms with Gasteiger partial charge in [-0.2, -0.15) is 5.10 Å². The van der Waals surface area contributed by atoms with Gasteiger partial charge in [0.25, 0.3) is 0 Å². The van der Waals surface area contributed by atoms with Crippen LogP contribution < -0.4 is 10.5 Å². The van der Waals surface area contributed by atoms with E-state index in [4.69, 9.17) is 5.73 Å². The normalized spacial score (nSPS) is 17.1. The van der Waals surface area contributed by atoms with E-state index in [-0.39, 0.29) is 10.7 Å². The Morgan fingerprint density at radius 2 is 2.16 bits per heavy atom.